The molecular formula is C15H16N2S. The van der Waals surface area contributed by atoms with Gasteiger partial charge in [-0.15, -0.1) is 0 Å². The number of hydrogen-bond acceptors (Lipinski definition) is 3. The summed E-state index contributed by atoms with van der Waals surface area (Å²) in [5, 5.41) is 3.14. The molecule has 1 aliphatic rings. The largest absolute Gasteiger partial charge is 0.388 e. The Kier molecular flexibility index (Phi) is 4.05. The second-order valence-corrected chi connectivity index (χ2v) is 4.88. The summed E-state index contributed by atoms with van der Waals surface area (Å²) in [5.41, 5.74) is 3.12. The van der Waals surface area contributed by atoms with Crippen molar-refractivity contribution in [1.29, 1.82) is 0 Å². The molecule has 1 aromatic rings. The maximum absolute atomic E-state index is 4.68. The Hall–Kier alpha value is -1.74. The molecule has 0 atom stereocenters. The average molecular weight is 256 g/mol. The van der Waals surface area contributed by atoms with E-state index in [1.165, 1.54) is 4.90 Å². The molecule has 1 N–H and O–H groups in total. The van der Waals surface area contributed by atoms with Gasteiger partial charge in [-0.3, -0.25) is 0 Å². The van der Waals surface area contributed by atoms with E-state index >= 15 is 0 Å². The normalized spacial score (nSPS) is 16.6. The number of nitrogens with zero attached hydrogens (tertiary/aromatic N) is 1. The lowest BCUT2D eigenvalue weighted by Gasteiger charge is -2.16. The molecule has 2 nitrogen and oxygen atoms in total. The van der Waals surface area contributed by atoms with Crippen LogP contribution in [0.2, 0.25) is 0 Å². The summed E-state index contributed by atoms with van der Waals surface area (Å²) in [7, 11) is 1.92. The van der Waals surface area contributed by atoms with Crippen LogP contribution in [0.3, 0.4) is 0 Å². The molecule has 3 heteroatoms. The van der Waals surface area contributed by atoms with Gasteiger partial charge in [0.05, 0.1) is 11.4 Å². The molecule has 0 bridgehead atoms. The van der Waals surface area contributed by atoms with Crippen molar-refractivity contribution in [2.75, 3.05) is 12.4 Å². The first-order chi connectivity index (χ1) is 8.78. The van der Waals surface area contributed by atoms with E-state index in [1.807, 2.05) is 44.3 Å². The van der Waals surface area contributed by atoms with Crippen LogP contribution in [-0.4, -0.2) is 12.8 Å². The number of nitrogens with one attached hydrogen (secondary N) is 1. The number of anilines is 1. The lowest BCUT2D eigenvalue weighted by molar-refractivity contribution is 1.35. The monoisotopic (exact) mass is 256 g/mol. The molecule has 92 valence electrons. The summed E-state index contributed by atoms with van der Waals surface area (Å²) in [4.78, 5) is 6.97. The molecular weight excluding hydrogens is 240 g/mol. The zero-order chi connectivity index (χ0) is 13.0. The van der Waals surface area contributed by atoms with E-state index in [9.17, 15) is 0 Å². The van der Waals surface area contributed by atoms with E-state index in [2.05, 4.69) is 23.0 Å². The van der Waals surface area contributed by atoms with E-state index in [0.29, 0.717) is 0 Å². The van der Waals surface area contributed by atoms with Crippen molar-refractivity contribution in [3.63, 3.8) is 0 Å². The van der Waals surface area contributed by atoms with Crippen molar-refractivity contribution in [3.8, 4) is 0 Å². The van der Waals surface area contributed by atoms with Crippen molar-refractivity contribution >= 4 is 28.8 Å². The maximum Gasteiger partial charge on any atom is 0.0778 e. The summed E-state index contributed by atoms with van der Waals surface area (Å²) in [5.74, 6) is 0. The molecule has 1 heterocycles. The molecule has 0 unspecified atom stereocenters. The number of hydrogen-bond donors (Lipinski definition) is 1. The topological polar surface area (TPSA) is 24.4 Å². The first-order valence-electron chi connectivity index (χ1n) is 5.82. The van der Waals surface area contributed by atoms with Crippen LogP contribution in [0.4, 0.5) is 11.4 Å². The first kappa shape index (κ1) is 12.7. The fraction of sp³-hybridized carbons (Fsp3) is 0.133. The van der Waals surface area contributed by atoms with E-state index in [4.69, 9.17) is 0 Å². The molecule has 1 aliphatic heterocycles. The van der Waals surface area contributed by atoms with E-state index < -0.39 is 0 Å². The Morgan fingerprint density at radius 3 is 2.89 bits per heavy atom. The van der Waals surface area contributed by atoms with Gasteiger partial charge in [-0.05, 0) is 37.3 Å². The van der Waals surface area contributed by atoms with E-state index in [0.717, 1.165) is 22.0 Å². The van der Waals surface area contributed by atoms with Crippen LogP contribution >= 0.6 is 11.8 Å². The molecule has 0 saturated carbocycles. The Bertz CT molecular complexity index is 554. The van der Waals surface area contributed by atoms with Crippen LogP contribution in [0.5, 0.6) is 0 Å². The van der Waals surface area contributed by atoms with Crippen LogP contribution < -0.4 is 5.32 Å². The van der Waals surface area contributed by atoms with Crippen LogP contribution in [-0.2, 0) is 0 Å². The van der Waals surface area contributed by atoms with Crippen molar-refractivity contribution in [3.05, 3.63) is 54.0 Å². The third-order valence-electron chi connectivity index (χ3n) is 2.56. The predicted octanol–water partition coefficient (Wildman–Crippen LogP) is 4.55. The molecule has 0 spiro atoms. The number of allylic oxidation sites excluding steroid dienone is 5. The highest BCUT2D eigenvalue weighted by atomic mass is 32.2. The summed E-state index contributed by atoms with van der Waals surface area (Å²) >= 11 is 1.73. The quantitative estimate of drug-likeness (QED) is 0.857. The van der Waals surface area contributed by atoms with Crippen molar-refractivity contribution in [2.24, 2.45) is 4.99 Å². The Balaban J connectivity index is 2.50. The van der Waals surface area contributed by atoms with Gasteiger partial charge >= 0.3 is 0 Å². The van der Waals surface area contributed by atoms with Crippen molar-refractivity contribution in [2.45, 2.75) is 11.8 Å². The summed E-state index contributed by atoms with van der Waals surface area (Å²) < 4.78 is 0. The summed E-state index contributed by atoms with van der Waals surface area (Å²) in [6, 6.07) is 6.20. The molecule has 2 rings (SSSR count). The lowest BCUT2D eigenvalue weighted by atomic mass is 10.2. The molecule has 18 heavy (non-hydrogen) atoms. The minimum absolute atomic E-state index is 0.993. The van der Waals surface area contributed by atoms with Crippen LogP contribution in [0.15, 0.2) is 63.9 Å². The van der Waals surface area contributed by atoms with Crippen molar-refractivity contribution in [1.82, 2.24) is 0 Å². The van der Waals surface area contributed by atoms with Crippen molar-refractivity contribution < 1.29 is 0 Å². The molecule has 0 aromatic heterocycles. The van der Waals surface area contributed by atoms with Gasteiger partial charge in [-0.2, -0.15) is 0 Å². The van der Waals surface area contributed by atoms with Gasteiger partial charge < -0.3 is 5.32 Å². The predicted molar refractivity (Wildman–Crippen MR) is 82.0 cm³/mol. The van der Waals surface area contributed by atoms with Crippen LogP contribution in [0.25, 0.3) is 0 Å². The highest BCUT2D eigenvalue weighted by Crippen LogP contribution is 2.41. The minimum atomic E-state index is 0.993. The molecule has 0 aliphatic carbocycles. The Morgan fingerprint density at radius 2 is 2.22 bits per heavy atom. The first-order valence-corrected chi connectivity index (χ1v) is 6.64. The van der Waals surface area contributed by atoms with Crippen LogP contribution in [0, 0.1) is 0 Å². The third kappa shape index (κ3) is 2.57. The lowest BCUT2D eigenvalue weighted by Crippen LogP contribution is -2.00. The van der Waals surface area contributed by atoms with Gasteiger partial charge in [-0.1, -0.05) is 30.5 Å². The smallest absolute Gasteiger partial charge is 0.0778 e. The fourth-order valence-corrected chi connectivity index (χ4v) is 2.73. The average Bonchev–Trinajstić information content (AvgIpc) is 2.39. The molecule has 1 aromatic carbocycles. The highest BCUT2D eigenvalue weighted by Gasteiger charge is 2.15. The molecule has 0 fully saturated rings. The van der Waals surface area contributed by atoms with Crippen LogP contribution in [0.1, 0.15) is 6.92 Å². The molecule has 0 radical (unpaired) electrons. The highest BCUT2D eigenvalue weighted by molar-refractivity contribution is 8.04. The van der Waals surface area contributed by atoms with Gasteiger partial charge in [0.2, 0.25) is 0 Å². The summed E-state index contributed by atoms with van der Waals surface area (Å²) in [6.07, 6.45) is 7.83. The zero-order valence-electron chi connectivity index (χ0n) is 10.6. The number of aliphatic imine (C=N–C) groups is 1. The minimum Gasteiger partial charge on any atom is -0.388 e. The van der Waals surface area contributed by atoms with Gasteiger partial charge in [0, 0.05) is 22.5 Å². The van der Waals surface area contributed by atoms with E-state index in [-0.39, 0.29) is 0 Å². The van der Waals surface area contributed by atoms with Gasteiger partial charge in [-0.25, -0.2) is 4.99 Å². The maximum atomic E-state index is 4.68. The Morgan fingerprint density at radius 1 is 1.39 bits per heavy atom. The van der Waals surface area contributed by atoms with Gasteiger partial charge in [0.25, 0.3) is 0 Å². The molecule has 0 saturated heterocycles. The van der Waals surface area contributed by atoms with E-state index in [1.54, 1.807) is 17.8 Å². The SMILES string of the molecule is C=C/C=C1/Sc2cc(NC)ccc2N=C1/C=C\C. The second kappa shape index (κ2) is 5.74. The number of thioether (sulfide) groups is 1. The number of fused-ring (bicyclic) bond motifs is 1. The standard InChI is InChI=1S/C15H16N2S/c1-4-6-12-14(7-5-2)18-15-10-11(16-3)8-9-13(15)17-12/h4-10,16H,2H2,1,3H3/b6-4-,14-7+. The second-order valence-electron chi connectivity index (χ2n) is 3.80. The fourth-order valence-electron chi connectivity index (χ4n) is 1.70. The number of rotatable bonds is 3. The van der Waals surface area contributed by atoms with Gasteiger partial charge in [0.1, 0.15) is 0 Å². The Labute approximate surface area is 112 Å². The molecule has 0 amide bonds. The van der Waals surface area contributed by atoms with Gasteiger partial charge in [0.15, 0.2) is 0 Å². The summed E-state index contributed by atoms with van der Waals surface area (Å²) in [6.45, 7) is 5.76. The zero-order valence-corrected chi connectivity index (χ0v) is 11.4. The third-order valence-corrected chi connectivity index (χ3v) is 3.67. The number of benzene rings is 1.